The highest BCUT2D eigenvalue weighted by molar-refractivity contribution is 5.84. The Bertz CT molecular complexity index is 533. The van der Waals surface area contributed by atoms with E-state index in [2.05, 4.69) is 10.6 Å². The van der Waals surface area contributed by atoms with E-state index in [1.165, 1.54) is 6.92 Å². The summed E-state index contributed by atoms with van der Waals surface area (Å²) in [6.45, 7) is 9.29. The Morgan fingerprint density at radius 1 is 0.759 bits per heavy atom. The number of esters is 2. The highest BCUT2D eigenvalue weighted by Gasteiger charge is 2.25. The van der Waals surface area contributed by atoms with Crippen LogP contribution >= 0.6 is 0 Å². The molecule has 8 heteroatoms. The van der Waals surface area contributed by atoms with Crippen LogP contribution in [-0.2, 0) is 28.7 Å². The van der Waals surface area contributed by atoms with Crippen molar-refractivity contribution in [3.63, 3.8) is 0 Å². The molecule has 0 aromatic carbocycles. The summed E-state index contributed by atoms with van der Waals surface area (Å²) in [5, 5.41) is 5.62. The van der Waals surface area contributed by atoms with Crippen molar-refractivity contribution in [2.75, 3.05) is 20.3 Å². The molecule has 0 aromatic rings. The van der Waals surface area contributed by atoms with E-state index in [1.807, 2.05) is 27.7 Å². The third-order valence-electron chi connectivity index (χ3n) is 4.43. The molecule has 0 saturated carbocycles. The molecule has 2 unspecified atom stereocenters. The Labute approximate surface area is 174 Å². The Morgan fingerprint density at radius 3 is 1.69 bits per heavy atom. The minimum absolute atomic E-state index is 0.102. The number of carbonyl (C=O) groups is 4. The first-order valence-corrected chi connectivity index (χ1v) is 10.4. The van der Waals surface area contributed by atoms with E-state index in [4.69, 9.17) is 9.47 Å². The molecule has 168 valence electrons. The van der Waals surface area contributed by atoms with Gasteiger partial charge < -0.3 is 24.9 Å². The molecule has 0 heterocycles. The summed E-state index contributed by atoms with van der Waals surface area (Å²) in [6.07, 6.45) is 2.36. The highest BCUT2D eigenvalue weighted by atomic mass is 16.5. The first-order valence-electron chi connectivity index (χ1n) is 10.4. The van der Waals surface area contributed by atoms with Crippen molar-refractivity contribution in [1.82, 2.24) is 10.6 Å². The maximum Gasteiger partial charge on any atom is 0.328 e. The summed E-state index contributed by atoms with van der Waals surface area (Å²) in [5.41, 5.74) is 0. The third kappa shape index (κ3) is 12.3. The molecule has 0 aliphatic carbocycles. The second kappa shape index (κ2) is 15.0. The number of hydrogen-bond donors (Lipinski definition) is 2. The van der Waals surface area contributed by atoms with Gasteiger partial charge in [-0.3, -0.25) is 9.59 Å². The van der Waals surface area contributed by atoms with Gasteiger partial charge in [0.2, 0.25) is 5.91 Å². The summed E-state index contributed by atoms with van der Waals surface area (Å²) < 4.78 is 10.4. The van der Waals surface area contributed by atoms with Crippen molar-refractivity contribution < 1.29 is 28.7 Å². The van der Waals surface area contributed by atoms with Crippen LogP contribution in [0.15, 0.2) is 0 Å². The predicted molar refractivity (Wildman–Crippen MR) is 110 cm³/mol. The van der Waals surface area contributed by atoms with Gasteiger partial charge in [-0.2, -0.15) is 0 Å². The lowest BCUT2D eigenvalue weighted by atomic mass is 10.0. The lowest BCUT2D eigenvalue weighted by Gasteiger charge is -2.21. The Balaban J connectivity index is 4.23. The summed E-state index contributed by atoms with van der Waals surface area (Å²) in [6, 6.07) is -1.10. The van der Waals surface area contributed by atoms with E-state index in [1.54, 1.807) is 7.05 Å². The van der Waals surface area contributed by atoms with Crippen molar-refractivity contribution in [2.24, 2.45) is 11.8 Å². The lowest BCUT2D eigenvalue weighted by molar-refractivity contribution is -0.151. The van der Waals surface area contributed by atoms with Gasteiger partial charge in [-0.25, -0.2) is 4.79 Å². The molecule has 0 aliphatic rings. The van der Waals surface area contributed by atoms with Crippen LogP contribution in [0.25, 0.3) is 0 Å². The molecule has 0 rings (SSSR count). The number of Topliss-reactive ketones (excluding diaryl/α,β-unsaturated/α-hetero) is 1. The molecular formula is C21H38N2O6. The minimum atomic E-state index is -0.729. The van der Waals surface area contributed by atoms with Crippen LogP contribution in [-0.4, -0.2) is 56.0 Å². The number of nitrogens with one attached hydrogen (secondary N) is 2. The van der Waals surface area contributed by atoms with Crippen LogP contribution in [0.2, 0.25) is 0 Å². The Morgan fingerprint density at radius 2 is 1.24 bits per heavy atom. The van der Waals surface area contributed by atoms with Crippen LogP contribution in [0.5, 0.6) is 0 Å². The molecule has 0 saturated heterocycles. The zero-order chi connectivity index (χ0) is 22.4. The van der Waals surface area contributed by atoms with Crippen LogP contribution in [0.4, 0.5) is 0 Å². The van der Waals surface area contributed by atoms with Crippen molar-refractivity contribution in [3.05, 3.63) is 0 Å². The second-order valence-electron chi connectivity index (χ2n) is 7.90. The third-order valence-corrected chi connectivity index (χ3v) is 4.43. The zero-order valence-corrected chi connectivity index (χ0v) is 18.7. The first-order chi connectivity index (χ1) is 13.6. The molecular weight excluding hydrogens is 376 g/mol. The molecule has 0 radical (unpaired) electrons. The summed E-state index contributed by atoms with van der Waals surface area (Å²) >= 11 is 0. The van der Waals surface area contributed by atoms with Gasteiger partial charge in [0.25, 0.3) is 0 Å². The average molecular weight is 415 g/mol. The number of ketones is 1. The quantitative estimate of drug-likeness (QED) is 0.311. The molecule has 0 aliphatic heterocycles. The summed E-state index contributed by atoms with van der Waals surface area (Å²) in [5.74, 6) is -0.966. The predicted octanol–water partition coefficient (Wildman–Crippen LogP) is 2.00. The average Bonchev–Trinajstić information content (AvgIpc) is 2.62. The lowest BCUT2D eigenvalue weighted by Crippen LogP contribution is -2.45. The normalized spacial score (nSPS) is 13.1. The zero-order valence-electron chi connectivity index (χ0n) is 18.7. The van der Waals surface area contributed by atoms with E-state index in [0.29, 0.717) is 25.7 Å². The van der Waals surface area contributed by atoms with Crippen LogP contribution in [0.1, 0.15) is 66.7 Å². The number of amides is 1. The van der Waals surface area contributed by atoms with Crippen LogP contribution < -0.4 is 10.6 Å². The van der Waals surface area contributed by atoms with E-state index < -0.39 is 12.0 Å². The molecule has 0 fully saturated rings. The number of rotatable bonds is 15. The van der Waals surface area contributed by atoms with E-state index in [0.717, 1.165) is 0 Å². The van der Waals surface area contributed by atoms with Gasteiger partial charge in [0, 0.05) is 19.3 Å². The summed E-state index contributed by atoms with van der Waals surface area (Å²) in [7, 11) is 1.71. The first kappa shape index (κ1) is 27.0. The van der Waals surface area contributed by atoms with Gasteiger partial charge >= 0.3 is 11.9 Å². The minimum Gasteiger partial charge on any atom is -0.464 e. The van der Waals surface area contributed by atoms with Crippen LogP contribution in [0.3, 0.4) is 0 Å². The van der Waals surface area contributed by atoms with Gasteiger partial charge in [0.1, 0.15) is 17.9 Å². The van der Waals surface area contributed by atoms with Crippen molar-refractivity contribution in [1.29, 1.82) is 0 Å². The summed E-state index contributed by atoms with van der Waals surface area (Å²) in [4.78, 5) is 47.2. The van der Waals surface area contributed by atoms with Gasteiger partial charge in [-0.15, -0.1) is 0 Å². The fraction of sp³-hybridized carbons (Fsp3) is 0.810. The van der Waals surface area contributed by atoms with Crippen molar-refractivity contribution in [3.8, 4) is 0 Å². The number of carbonyl (C=O) groups excluding carboxylic acids is 4. The number of likely N-dealkylation sites (N-methyl/N-ethyl adjacent to an activating group) is 1. The molecule has 0 spiro atoms. The molecule has 0 aromatic heterocycles. The van der Waals surface area contributed by atoms with Gasteiger partial charge in [0.15, 0.2) is 0 Å². The fourth-order valence-electron chi connectivity index (χ4n) is 2.71. The Kier molecular flexibility index (Phi) is 13.9. The highest BCUT2D eigenvalue weighted by Crippen LogP contribution is 2.07. The van der Waals surface area contributed by atoms with Gasteiger partial charge in [-0.05, 0) is 38.6 Å². The van der Waals surface area contributed by atoms with Gasteiger partial charge in [0.05, 0.1) is 13.2 Å². The molecule has 2 atom stereocenters. The van der Waals surface area contributed by atoms with Gasteiger partial charge in [-0.1, -0.05) is 27.7 Å². The van der Waals surface area contributed by atoms with Crippen LogP contribution in [0, 0.1) is 11.8 Å². The fourth-order valence-corrected chi connectivity index (χ4v) is 2.71. The molecule has 8 nitrogen and oxygen atoms in total. The van der Waals surface area contributed by atoms with E-state index in [-0.39, 0.29) is 55.2 Å². The Hall–Kier alpha value is -1.96. The largest absolute Gasteiger partial charge is 0.464 e. The smallest absolute Gasteiger partial charge is 0.328 e. The molecule has 2 N–H and O–H groups in total. The SMILES string of the molecule is CNC(C(=O)OCCCOC(=O)C(NC(=O)CCCCC(C)=O)C(C)C)C(C)C. The number of unbranched alkanes of at least 4 members (excludes halogenated alkanes) is 1. The maximum atomic E-state index is 12.3. The monoisotopic (exact) mass is 414 g/mol. The van der Waals surface area contributed by atoms with Crippen molar-refractivity contribution >= 4 is 23.6 Å². The number of ether oxygens (including phenoxy) is 2. The molecule has 29 heavy (non-hydrogen) atoms. The molecule has 1 amide bonds. The topological polar surface area (TPSA) is 111 Å². The number of hydrogen-bond acceptors (Lipinski definition) is 7. The van der Waals surface area contributed by atoms with E-state index in [9.17, 15) is 19.2 Å². The van der Waals surface area contributed by atoms with E-state index >= 15 is 0 Å². The van der Waals surface area contributed by atoms with Crippen molar-refractivity contribution in [2.45, 2.75) is 78.8 Å². The maximum absolute atomic E-state index is 12.3. The standard InChI is InChI=1S/C21H38N2O6/c1-14(2)18(22-6)20(26)28-12-9-13-29-21(27)19(15(3)4)23-17(25)11-8-7-10-16(5)24/h14-15,18-19,22H,7-13H2,1-6H3,(H,23,25). The second-order valence-corrected chi connectivity index (χ2v) is 7.90. The molecule has 0 bridgehead atoms.